The van der Waals surface area contributed by atoms with Crippen LogP contribution < -0.4 is 0 Å². The van der Waals surface area contributed by atoms with Gasteiger partial charge in [0.25, 0.3) is 0 Å². The highest BCUT2D eigenvalue weighted by atomic mass is 35.5. The number of rotatable bonds is 3. The summed E-state index contributed by atoms with van der Waals surface area (Å²) in [6.07, 6.45) is 6.86. The molecule has 0 saturated carbocycles. The zero-order valence-electron chi connectivity index (χ0n) is 15.8. The minimum atomic E-state index is -0.509. The number of ether oxygens (including phenoxy) is 1. The zero-order valence-corrected chi connectivity index (χ0v) is 16.6. The molecule has 6 nitrogen and oxygen atoms in total. The first-order valence-electron chi connectivity index (χ1n) is 9.71. The van der Waals surface area contributed by atoms with Crippen molar-refractivity contribution in [2.75, 3.05) is 13.1 Å². The summed E-state index contributed by atoms with van der Waals surface area (Å²) in [5.41, 5.74) is 2.79. The molecule has 0 bridgehead atoms. The van der Waals surface area contributed by atoms with E-state index in [4.69, 9.17) is 16.3 Å². The van der Waals surface area contributed by atoms with Crippen molar-refractivity contribution in [2.45, 2.75) is 31.1 Å². The van der Waals surface area contributed by atoms with Gasteiger partial charge in [0.05, 0.1) is 17.9 Å². The van der Waals surface area contributed by atoms with Crippen LogP contribution in [0.5, 0.6) is 0 Å². The molecule has 4 heterocycles. The Hall–Kier alpha value is -2.72. The van der Waals surface area contributed by atoms with Gasteiger partial charge in [-0.05, 0) is 42.7 Å². The van der Waals surface area contributed by atoms with Crippen molar-refractivity contribution in [3.63, 3.8) is 0 Å². The van der Waals surface area contributed by atoms with E-state index in [0.29, 0.717) is 5.02 Å². The highest BCUT2D eigenvalue weighted by molar-refractivity contribution is 6.30. The van der Waals surface area contributed by atoms with Gasteiger partial charge in [0.15, 0.2) is 11.9 Å². The molecule has 1 aromatic carbocycles. The molecule has 0 aliphatic carbocycles. The van der Waals surface area contributed by atoms with Crippen LogP contribution in [-0.2, 0) is 16.9 Å². The van der Waals surface area contributed by atoms with Gasteiger partial charge in [-0.2, -0.15) is 10.4 Å². The Kier molecular flexibility index (Phi) is 4.59. The molecule has 2 aliphatic heterocycles. The van der Waals surface area contributed by atoms with Gasteiger partial charge in [-0.25, -0.2) is 9.67 Å². The quantitative estimate of drug-likeness (QED) is 0.658. The molecule has 29 heavy (non-hydrogen) atoms. The Morgan fingerprint density at radius 2 is 2.10 bits per heavy atom. The molecule has 2 aromatic heterocycles. The average molecular weight is 406 g/mol. The summed E-state index contributed by atoms with van der Waals surface area (Å²) < 4.78 is 8.06. The van der Waals surface area contributed by atoms with Crippen LogP contribution in [-0.4, -0.2) is 32.8 Å². The van der Waals surface area contributed by atoms with Crippen LogP contribution in [0.4, 0.5) is 0 Å². The van der Waals surface area contributed by atoms with E-state index in [2.05, 4.69) is 21.1 Å². The number of piperidine rings is 1. The van der Waals surface area contributed by atoms with Crippen LogP contribution >= 0.6 is 11.6 Å². The van der Waals surface area contributed by atoms with Gasteiger partial charge >= 0.3 is 0 Å². The maximum Gasteiger partial charge on any atom is 0.170 e. The van der Waals surface area contributed by atoms with E-state index in [1.54, 1.807) is 10.9 Å². The van der Waals surface area contributed by atoms with E-state index >= 15 is 0 Å². The molecule has 5 rings (SSSR count). The van der Waals surface area contributed by atoms with Crippen LogP contribution in [0, 0.1) is 11.3 Å². The lowest BCUT2D eigenvalue weighted by Gasteiger charge is -2.39. The number of halogens is 1. The van der Waals surface area contributed by atoms with Crippen molar-refractivity contribution in [2.24, 2.45) is 0 Å². The third kappa shape index (κ3) is 3.32. The summed E-state index contributed by atoms with van der Waals surface area (Å²) in [6.45, 7) is 2.60. The second kappa shape index (κ2) is 7.27. The molecule has 0 radical (unpaired) electrons. The van der Waals surface area contributed by atoms with Crippen LogP contribution in [0.3, 0.4) is 0 Å². The molecule has 146 valence electrons. The Balaban J connectivity index is 1.29. The topological polar surface area (TPSA) is 67.0 Å². The SMILES string of the molecule is N#CC1OC2(CCN(Cc3cnn(-c4ccccn4)c3)CC2)c2cc(Cl)ccc21. The van der Waals surface area contributed by atoms with Crippen LogP contribution in [0.15, 0.2) is 55.0 Å². The largest absolute Gasteiger partial charge is 0.347 e. The summed E-state index contributed by atoms with van der Waals surface area (Å²) >= 11 is 6.24. The van der Waals surface area contributed by atoms with Crippen molar-refractivity contribution in [1.29, 1.82) is 5.26 Å². The molecule has 0 N–H and O–H groups in total. The van der Waals surface area contributed by atoms with Gasteiger partial charge in [0.2, 0.25) is 0 Å². The van der Waals surface area contributed by atoms with Crippen LogP contribution in [0.25, 0.3) is 5.82 Å². The Bertz CT molecular complexity index is 1070. The van der Waals surface area contributed by atoms with Crippen LogP contribution in [0.2, 0.25) is 5.02 Å². The van der Waals surface area contributed by atoms with Crippen molar-refractivity contribution < 1.29 is 4.74 Å². The summed E-state index contributed by atoms with van der Waals surface area (Å²) in [4.78, 5) is 6.74. The number of hydrogen-bond acceptors (Lipinski definition) is 5. The minimum Gasteiger partial charge on any atom is -0.347 e. The number of benzene rings is 1. The summed E-state index contributed by atoms with van der Waals surface area (Å²) in [6, 6.07) is 13.8. The van der Waals surface area contributed by atoms with Crippen molar-refractivity contribution in [3.05, 3.63) is 76.7 Å². The molecule has 0 amide bonds. The Morgan fingerprint density at radius 1 is 1.24 bits per heavy atom. The standard InChI is InChI=1S/C22H20ClN5O/c23-17-4-5-18-19(11-17)22(29-20(18)12-24)6-9-27(10-7-22)14-16-13-26-28(15-16)21-3-1-2-8-25-21/h1-5,8,11,13,15,20H,6-7,9-10,14H2. The molecule has 1 spiro atoms. The molecule has 1 atom stereocenters. The number of pyridine rings is 1. The lowest BCUT2D eigenvalue weighted by Crippen LogP contribution is -2.42. The monoisotopic (exact) mass is 405 g/mol. The van der Waals surface area contributed by atoms with Crippen LogP contribution in [0.1, 0.15) is 35.6 Å². The van der Waals surface area contributed by atoms with E-state index in [-0.39, 0.29) is 0 Å². The molecule has 2 aliphatic rings. The van der Waals surface area contributed by atoms with Crippen molar-refractivity contribution in [1.82, 2.24) is 19.7 Å². The Morgan fingerprint density at radius 3 is 2.86 bits per heavy atom. The smallest absolute Gasteiger partial charge is 0.170 e. The van der Waals surface area contributed by atoms with Gasteiger partial charge in [0, 0.05) is 48.2 Å². The highest BCUT2D eigenvalue weighted by Crippen LogP contribution is 2.49. The van der Waals surface area contributed by atoms with Crippen molar-refractivity contribution >= 4 is 11.6 Å². The lowest BCUT2D eigenvalue weighted by atomic mass is 9.83. The number of likely N-dealkylation sites (tertiary alicyclic amines) is 1. The van der Waals surface area contributed by atoms with E-state index in [0.717, 1.165) is 55.0 Å². The number of nitrogens with zero attached hydrogens (tertiary/aromatic N) is 5. The average Bonchev–Trinajstić information content (AvgIpc) is 3.34. The van der Waals surface area contributed by atoms with Gasteiger partial charge in [-0.3, -0.25) is 4.90 Å². The summed E-state index contributed by atoms with van der Waals surface area (Å²) in [5, 5.41) is 14.6. The fourth-order valence-corrected chi connectivity index (χ4v) is 4.55. The van der Waals surface area contributed by atoms with E-state index in [1.807, 2.05) is 48.8 Å². The maximum atomic E-state index is 9.51. The predicted molar refractivity (Wildman–Crippen MR) is 108 cm³/mol. The first kappa shape index (κ1) is 18.3. The molecular weight excluding hydrogens is 386 g/mol. The molecule has 3 aromatic rings. The maximum absolute atomic E-state index is 9.51. The number of hydrogen-bond donors (Lipinski definition) is 0. The zero-order chi connectivity index (χ0) is 19.8. The first-order valence-corrected chi connectivity index (χ1v) is 10.1. The summed E-state index contributed by atoms with van der Waals surface area (Å²) in [5.74, 6) is 0.812. The van der Waals surface area contributed by atoms with E-state index < -0.39 is 11.7 Å². The summed E-state index contributed by atoms with van der Waals surface area (Å²) in [7, 11) is 0. The third-order valence-electron chi connectivity index (χ3n) is 5.84. The predicted octanol–water partition coefficient (Wildman–Crippen LogP) is 4.01. The molecule has 7 heteroatoms. The van der Waals surface area contributed by atoms with E-state index in [1.165, 1.54) is 0 Å². The number of nitriles is 1. The number of fused-ring (bicyclic) bond motifs is 2. The molecule has 1 saturated heterocycles. The van der Waals surface area contributed by atoms with Gasteiger partial charge < -0.3 is 4.74 Å². The lowest BCUT2D eigenvalue weighted by molar-refractivity contribution is -0.0933. The molecule has 1 unspecified atom stereocenters. The van der Waals surface area contributed by atoms with Gasteiger partial charge in [-0.1, -0.05) is 23.7 Å². The Labute approximate surface area is 174 Å². The molecular formula is C22H20ClN5O. The molecule has 1 fully saturated rings. The van der Waals surface area contributed by atoms with Gasteiger partial charge in [0.1, 0.15) is 0 Å². The number of aromatic nitrogens is 3. The van der Waals surface area contributed by atoms with Crippen molar-refractivity contribution in [3.8, 4) is 11.9 Å². The minimum absolute atomic E-state index is 0.407. The second-order valence-electron chi connectivity index (χ2n) is 7.61. The third-order valence-corrected chi connectivity index (χ3v) is 6.07. The van der Waals surface area contributed by atoms with Gasteiger partial charge in [-0.15, -0.1) is 0 Å². The van der Waals surface area contributed by atoms with E-state index in [9.17, 15) is 5.26 Å². The fraction of sp³-hybridized carbons (Fsp3) is 0.318. The second-order valence-corrected chi connectivity index (χ2v) is 8.05. The first-order chi connectivity index (χ1) is 14.2. The fourth-order valence-electron chi connectivity index (χ4n) is 4.37. The normalized spacial score (nSPS) is 20.5. The highest BCUT2D eigenvalue weighted by Gasteiger charge is 2.47.